The third kappa shape index (κ3) is 4.16. The Balaban J connectivity index is 2.68. The first kappa shape index (κ1) is 14.7. The Labute approximate surface area is 114 Å². The van der Waals surface area contributed by atoms with Crippen LogP contribution in [-0.2, 0) is 4.79 Å². The second-order valence-corrected chi connectivity index (χ2v) is 4.43. The molecule has 0 aliphatic rings. The highest BCUT2D eigenvalue weighted by molar-refractivity contribution is 6.33. The quantitative estimate of drug-likeness (QED) is 0.815. The lowest BCUT2D eigenvalue weighted by Gasteiger charge is -2.11. The standard InChI is InChI=1S/C11H12Cl2N2O3/c1-2-6(11(17)18)5-14-10(16)7-3-8(12)15-9(13)4-7/h3-4,6H,2,5H2,1H3,(H,14,16)(H,17,18). The second kappa shape index (κ2) is 6.56. The zero-order valence-electron chi connectivity index (χ0n) is 9.61. The summed E-state index contributed by atoms with van der Waals surface area (Å²) >= 11 is 11.3. The highest BCUT2D eigenvalue weighted by Crippen LogP contribution is 2.14. The number of hydrogen-bond donors (Lipinski definition) is 2. The van der Waals surface area contributed by atoms with E-state index in [2.05, 4.69) is 10.3 Å². The number of carbonyl (C=O) groups is 2. The Hall–Kier alpha value is -1.33. The molecular formula is C11H12Cl2N2O3. The Morgan fingerprint density at radius 1 is 1.39 bits per heavy atom. The molecule has 1 amide bonds. The van der Waals surface area contributed by atoms with E-state index in [0.29, 0.717) is 6.42 Å². The van der Waals surface area contributed by atoms with E-state index in [1.807, 2.05) is 0 Å². The van der Waals surface area contributed by atoms with Gasteiger partial charge in [-0.15, -0.1) is 0 Å². The monoisotopic (exact) mass is 290 g/mol. The smallest absolute Gasteiger partial charge is 0.308 e. The molecule has 5 nitrogen and oxygen atoms in total. The zero-order chi connectivity index (χ0) is 13.7. The van der Waals surface area contributed by atoms with Crippen LogP contribution in [0.15, 0.2) is 12.1 Å². The van der Waals surface area contributed by atoms with Crippen molar-refractivity contribution in [1.82, 2.24) is 10.3 Å². The maximum Gasteiger partial charge on any atom is 0.308 e. The van der Waals surface area contributed by atoms with E-state index in [1.54, 1.807) is 6.92 Å². The summed E-state index contributed by atoms with van der Waals surface area (Å²) < 4.78 is 0. The summed E-state index contributed by atoms with van der Waals surface area (Å²) in [6.45, 7) is 1.80. The van der Waals surface area contributed by atoms with Gasteiger partial charge in [0.1, 0.15) is 10.3 Å². The maximum absolute atomic E-state index is 11.7. The van der Waals surface area contributed by atoms with E-state index in [9.17, 15) is 9.59 Å². The van der Waals surface area contributed by atoms with Gasteiger partial charge in [0.2, 0.25) is 0 Å². The topological polar surface area (TPSA) is 79.3 Å². The van der Waals surface area contributed by atoms with E-state index in [-0.39, 0.29) is 22.4 Å². The molecule has 1 rings (SSSR count). The summed E-state index contributed by atoms with van der Waals surface area (Å²) in [5.41, 5.74) is 0.250. The number of carboxylic acid groups (broad SMARTS) is 1. The molecule has 1 aromatic heterocycles. The first-order valence-electron chi connectivity index (χ1n) is 5.28. The van der Waals surface area contributed by atoms with Gasteiger partial charge < -0.3 is 10.4 Å². The lowest BCUT2D eigenvalue weighted by molar-refractivity contribution is -0.141. The van der Waals surface area contributed by atoms with Crippen LogP contribution in [0.1, 0.15) is 23.7 Å². The average Bonchev–Trinajstić information content (AvgIpc) is 2.27. The van der Waals surface area contributed by atoms with Crippen LogP contribution in [0.4, 0.5) is 0 Å². The summed E-state index contributed by atoms with van der Waals surface area (Å²) in [6, 6.07) is 2.73. The van der Waals surface area contributed by atoms with E-state index < -0.39 is 17.8 Å². The van der Waals surface area contributed by atoms with Crippen LogP contribution >= 0.6 is 23.2 Å². The number of hydrogen-bond acceptors (Lipinski definition) is 3. The van der Waals surface area contributed by atoms with E-state index in [0.717, 1.165) is 0 Å². The zero-order valence-corrected chi connectivity index (χ0v) is 11.1. The summed E-state index contributed by atoms with van der Waals surface area (Å²) in [6.07, 6.45) is 0.438. The third-order valence-electron chi connectivity index (χ3n) is 2.38. The molecule has 2 N–H and O–H groups in total. The molecule has 18 heavy (non-hydrogen) atoms. The minimum atomic E-state index is -0.941. The van der Waals surface area contributed by atoms with Crippen LogP contribution in [0.5, 0.6) is 0 Å². The van der Waals surface area contributed by atoms with Crippen molar-refractivity contribution in [1.29, 1.82) is 0 Å². The molecule has 1 atom stereocenters. The van der Waals surface area contributed by atoms with Gasteiger partial charge in [0.15, 0.2) is 0 Å². The molecule has 1 heterocycles. The molecule has 0 spiro atoms. The van der Waals surface area contributed by atoms with Crippen LogP contribution in [0.3, 0.4) is 0 Å². The number of nitrogens with one attached hydrogen (secondary N) is 1. The van der Waals surface area contributed by atoms with Crippen LogP contribution in [0, 0.1) is 5.92 Å². The number of aliphatic carboxylic acids is 1. The molecule has 1 aromatic rings. The highest BCUT2D eigenvalue weighted by atomic mass is 35.5. The largest absolute Gasteiger partial charge is 0.481 e. The number of aromatic nitrogens is 1. The molecule has 0 bridgehead atoms. The van der Waals surface area contributed by atoms with Gasteiger partial charge in [0, 0.05) is 12.1 Å². The van der Waals surface area contributed by atoms with Gasteiger partial charge >= 0.3 is 5.97 Å². The lowest BCUT2D eigenvalue weighted by Crippen LogP contribution is -2.32. The number of halogens is 2. The molecule has 0 saturated carbocycles. The number of carboxylic acids is 1. The molecule has 98 valence electrons. The van der Waals surface area contributed by atoms with Crippen LogP contribution in [0.2, 0.25) is 10.3 Å². The van der Waals surface area contributed by atoms with Gasteiger partial charge in [0.05, 0.1) is 5.92 Å². The second-order valence-electron chi connectivity index (χ2n) is 3.65. The van der Waals surface area contributed by atoms with Gasteiger partial charge in [-0.2, -0.15) is 0 Å². The van der Waals surface area contributed by atoms with Gasteiger partial charge in [0.25, 0.3) is 5.91 Å². The summed E-state index contributed by atoms with van der Waals surface area (Å²) in [4.78, 5) is 26.2. The fraction of sp³-hybridized carbons (Fsp3) is 0.364. The van der Waals surface area contributed by atoms with E-state index in [4.69, 9.17) is 28.3 Å². The third-order valence-corrected chi connectivity index (χ3v) is 2.76. The number of carbonyl (C=O) groups excluding carboxylic acids is 1. The predicted octanol–water partition coefficient (Wildman–Crippen LogP) is 2.23. The average molecular weight is 291 g/mol. The van der Waals surface area contributed by atoms with E-state index >= 15 is 0 Å². The van der Waals surface area contributed by atoms with Gasteiger partial charge in [-0.25, -0.2) is 4.98 Å². The normalized spacial score (nSPS) is 11.9. The number of nitrogens with zero attached hydrogens (tertiary/aromatic N) is 1. The summed E-state index contributed by atoms with van der Waals surface area (Å²) in [7, 11) is 0. The first-order valence-corrected chi connectivity index (χ1v) is 6.03. The van der Waals surface area contributed by atoms with Crippen LogP contribution in [-0.4, -0.2) is 28.5 Å². The number of rotatable bonds is 5. The molecule has 0 aliphatic carbocycles. The Morgan fingerprint density at radius 2 is 1.94 bits per heavy atom. The molecule has 0 saturated heterocycles. The fourth-order valence-electron chi connectivity index (χ4n) is 1.32. The summed E-state index contributed by atoms with van der Waals surface area (Å²) in [5, 5.41) is 11.6. The molecule has 0 radical (unpaired) electrons. The van der Waals surface area contributed by atoms with Crippen molar-refractivity contribution in [3.8, 4) is 0 Å². The molecular weight excluding hydrogens is 279 g/mol. The van der Waals surface area contributed by atoms with Crippen molar-refractivity contribution in [3.05, 3.63) is 28.0 Å². The molecule has 0 aromatic carbocycles. The Bertz CT molecular complexity index is 445. The van der Waals surface area contributed by atoms with Crippen LogP contribution < -0.4 is 5.32 Å². The highest BCUT2D eigenvalue weighted by Gasteiger charge is 2.17. The minimum Gasteiger partial charge on any atom is -0.481 e. The van der Waals surface area contributed by atoms with Crippen molar-refractivity contribution in [2.75, 3.05) is 6.54 Å². The first-order chi connectivity index (χ1) is 8.43. The van der Waals surface area contributed by atoms with Crippen molar-refractivity contribution in [2.45, 2.75) is 13.3 Å². The van der Waals surface area contributed by atoms with Crippen molar-refractivity contribution in [2.24, 2.45) is 5.92 Å². The molecule has 0 fully saturated rings. The summed E-state index contributed by atoms with van der Waals surface area (Å²) in [5.74, 6) is -1.98. The minimum absolute atomic E-state index is 0.0578. The van der Waals surface area contributed by atoms with Crippen molar-refractivity contribution < 1.29 is 14.7 Å². The van der Waals surface area contributed by atoms with Crippen LogP contribution in [0.25, 0.3) is 0 Å². The molecule has 0 aliphatic heterocycles. The van der Waals surface area contributed by atoms with Gasteiger partial charge in [-0.1, -0.05) is 30.1 Å². The Morgan fingerprint density at radius 3 is 2.39 bits per heavy atom. The van der Waals surface area contributed by atoms with E-state index in [1.165, 1.54) is 12.1 Å². The lowest BCUT2D eigenvalue weighted by atomic mass is 10.1. The maximum atomic E-state index is 11.7. The van der Waals surface area contributed by atoms with Gasteiger partial charge in [-0.3, -0.25) is 9.59 Å². The number of pyridine rings is 1. The number of amides is 1. The Kier molecular flexibility index (Phi) is 5.37. The fourth-order valence-corrected chi connectivity index (χ4v) is 1.78. The van der Waals surface area contributed by atoms with Crippen molar-refractivity contribution in [3.63, 3.8) is 0 Å². The SMILES string of the molecule is CCC(CNC(=O)c1cc(Cl)nc(Cl)c1)C(=O)O. The molecule has 7 heteroatoms. The van der Waals surface area contributed by atoms with Gasteiger partial charge in [-0.05, 0) is 18.6 Å². The van der Waals surface area contributed by atoms with Crippen molar-refractivity contribution >= 4 is 35.1 Å². The molecule has 1 unspecified atom stereocenters. The predicted molar refractivity (Wildman–Crippen MR) is 68.0 cm³/mol.